The second-order valence-corrected chi connectivity index (χ2v) is 5.10. The van der Waals surface area contributed by atoms with Gasteiger partial charge in [-0.25, -0.2) is 4.39 Å². The molecule has 0 bridgehead atoms. The van der Waals surface area contributed by atoms with Crippen molar-refractivity contribution in [2.24, 2.45) is 0 Å². The van der Waals surface area contributed by atoms with Gasteiger partial charge in [-0.1, -0.05) is 0 Å². The molecule has 0 aliphatic rings. The van der Waals surface area contributed by atoms with Crippen LogP contribution in [0.15, 0.2) is 41.6 Å². The third-order valence-electron chi connectivity index (χ3n) is 2.46. The summed E-state index contributed by atoms with van der Waals surface area (Å²) in [6, 6.07) is 6.26. The molecular weight excluding hydrogens is 265 g/mol. The number of hydrogen-bond acceptors (Lipinski definition) is 3. The molecule has 0 aliphatic carbocycles. The Kier molecular flexibility index (Phi) is 4.97. The minimum atomic E-state index is -0.248. The molecule has 0 unspecified atom stereocenters. The highest BCUT2D eigenvalue weighted by Crippen LogP contribution is 2.18. The van der Waals surface area contributed by atoms with Crippen LogP contribution in [0.2, 0.25) is 0 Å². The average molecular weight is 279 g/mol. The first kappa shape index (κ1) is 13.6. The van der Waals surface area contributed by atoms with Crippen LogP contribution in [0.4, 0.5) is 4.39 Å². The smallest absolute Gasteiger partial charge is 0.221 e. The molecule has 4 nitrogen and oxygen atoms in total. The molecule has 0 saturated heterocycles. The SMILES string of the molecule is O=C(CCSc1ccc(F)cc1)NCc1cn[nH]c1. The van der Waals surface area contributed by atoms with E-state index in [1.807, 2.05) is 0 Å². The number of carbonyl (C=O) groups is 1. The van der Waals surface area contributed by atoms with E-state index in [2.05, 4.69) is 15.5 Å². The standard InChI is InChI=1S/C13H14FN3OS/c14-11-1-3-12(4-2-11)19-6-5-13(18)15-7-10-8-16-17-9-10/h1-4,8-9H,5-7H2,(H,15,18)(H,16,17). The number of nitrogens with zero attached hydrogens (tertiary/aromatic N) is 1. The fourth-order valence-electron chi connectivity index (χ4n) is 1.46. The van der Waals surface area contributed by atoms with Crippen LogP contribution in [0.1, 0.15) is 12.0 Å². The lowest BCUT2D eigenvalue weighted by atomic mass is 10.3. The van der Waals surface area contributed by atoms with Gasteiger partial charge >= 0.3 is 0 Å². The Morgan fingerprint density at radius 1 is 1.37 bits per heavy atom. The second-order valence-electron chi connectivity index (χ2n) is 3.94. The number of thioether (sulfide) groups is 1. The number of benzene rings is 1. The maximum atomic E-state index is 12.7. The van der Waals surface area contributed by atoms with Crippen LogP contribution >= 0.6 is 11.8 Å². The number of carbonyl (C=O) groups excluding carboxylic acids is 1. The molecule has 19 heavy (non-hydrogen) atoms. The first-order chi connectivity index (χ1) is 9.24. The summed E-state index contributed by atoms with van der Waals surface area (Å²) in [6.45, 7) is 0.483. The van der Waals surface area contributed by atoms with Crippen molar-refractivity contribution in [3.8, 4) is 0 Å². The first-order valence-electron chi connectivity index (χ1n) is 5.87. The van der Waals surface area contributed by atoms with Gasteiger partial charge < -0.3 is 5.32 Å². The molecule has 2 aromatic rings. The molecule has 1 aromatic heterocycles. The lowest BCUT2D eigenvalue weighted by molar-refractivity contribution is -0.120. The van der Waals surface area contributed by atoms with E-state index in [0.29, 0.717) is 18.7 Å². The number of hydrogen-bond donors (Lipinski definition) is 2. The van der Waals surface area contributed by atoms with Crippen LogP contribution in [0.5, 0.6) is 0 Å². The largest absolute Gasteiger partial charge is 0.352 e. The van der Waals surface area contributed by atoms with Crippen molar-refractivity contribution in [1.29, 1.82) is 0 Å². The van der Waals surface area contributed by atoms with Crippen molar-refractivity contribution >= 4 is 17.7 Å². The summed E-state index contributed by atoms with van der Waals surface area (Å²) in [5, 5.41) is 9.29. The van der Waals surface area contributed by atoms with Crippen molar-refractivity contribution in [2.45, 2.75) is 17.9 Å². The van der Waals surface area contributed by atoms with Crippen molar-refractivity contribution in [2.75, 3.05) is 5.75 Å². The van der Waals surface area contributed by atoms with E-state index in [0.717, 1.165) is 10.5 Å². The van der Waals surface area contributed by atoms with Gasteiger partial charge in [-0.05, 0) is 24.3 Å². The van der Waals surface area contributed by atoms with Gasteiger partial charge in [0.15, 0.2) is 0 Å². The van der Waals surface area contributed by atoms with Crippen LogP contribution in [0.25, 0.3) is 0 Å². The van der Waals surface area contributed by atoms with Crippen molar-refractivity contribution in [3.05, 3.63) is 48.0 Å². The molecule has 0 radical (unpaired) electrons. The second kappa shape index (κ2) is 6.94. The molecule has 0 spiro atoms. The predicted octanol–water partition coefficient (Wildman–Crippen LogP) is 2.35. The van der Waals surface area contributed by atoms with E-state index < -0.39 is 0 Å². The van der Waals surface area contributed by atoms with Gasteiger partial charge in [0.2, 0.25) is 5.91 Å². The molecule has 100 valence electrons. The van der Waals surface area contributed by atoms with E-state index >= 15 is 0 Å². The van der Waals surface area contributed by atoms with E-state index in [1.165, 1.54) is 23.9 Å². The summed E-state index contributed by atoms with van der Waals surface area (Å²) in [7, 11) is 0. The summed E-state index contributed by atoms with van der Waals surface area (Å²) in [4.78, 5) is 12.5. The Bertz CT molecular complexity index is 513. The topological polar surface area (TPSA) is 57.8 Å². The van der Waals surface area contributed by atoms with Crippen LogP contribution in [-0.4, -0.2) is 21.9 Å². The summed E-state index contributed by atoms with van der Waals surface area (Å²) in [5.74, 6) is 0.418. The van der Waals surface area contributed by atoms with Gasteiger partial charge in [-0.3, -0.25) is 9.89 Å². The van der Waals surface area contributed by atoms with Crippen LogP contribution < -0.4 is 5.32 Å². The van der Waals surface area contributed by atoms with Gasteiger partial charge in [0.25, 0.3) is 0 Å². The monoisotopic (exact) mass is 279 g/mol. The summed E-state index contributed by atoms with van der Waals surface area (Å²) in [6.07, 6.45) is 3.85. The fraction of sp³-hybridized carbons (Fsp3) is 0.231. The number of amides is 1. The number of H-pyrrole nitrogens is 1. The number of rotatable bonds is 6. The van der Waals surface area contributed by atoms with Crippen molar-refractivity contribution in [3.63, 3.8) is 0 Å². The zero-order chi connectivity index (χ0) is 13.5. The molecule has 1 amide bonds. The Labute approximate surface area is 114 Å². The van der Waals surface area contributed by atoms with Gasteiger partial charge in [0.1, 0.15) is 5.82 Å². The Morgan fingerprint density at radius 2 is 2.16 bits per heavy atom. The Balaban J connectivity index is 1.65. The third-order valence-corrected chi connectivity index (χ3v) is 3.47. The summed E-state index contributed by atoms with van der Waals surface area (Å²) < 4.78 is 12.7. The van der Waals surface area contributed by atoms with E-state index in [4.69, 9.17) is 0 Å². The van der Waals surface area contributed by atoms with Gasteiger partial charge in [-0.2, -0.15) is 5.10 Å². The van der Waals surface area contributed by atoms with Crippen LogP contribution in [0, 0.1) is 5.82 Å². The zero-order valence-electron chi connectivity index (χ0n) is 10.2. The molecule has 1 heterocycles. The Morgan fingerprint density at radius 3 is 2.84 bits per heavy atom. The van der Waals surface area contributed by atoms with Gasteiger partial charge in [0.05, 0.1) is 6.20 Å². The average Bonchev–Trinajstić information content (AvgIpc) is 2.92. The molecule has 0 aliphatic heterocycles. The highest BCUT2D eigenvalue weighted by molar-refractivity contribution is 7.99. The van der Waals surface area contributed by atoms with Crippen molar-refractivity contribution < 1.29 is 9.18 Å². The Hall–Kier alpha value is -1.82. The summed E-state index contributed by atoms with van der Waals surface area (Å²) in [5.41, 5.74) is 0.944. The zero-order valence-corrected chi connectivity index (χ0v) is 11.0. The highest BCUT2D eigenvalue weighted by Gasteiger charge is 2.03. The normalized spacial score (nSPS) is 10.4. The number of aromatic amines is 1. The van der Waals surface area contributed by atoms with Crippen LogP contribution in [0.3, 0.4) is 0 Å². The summed E-state index contributed by atoms with van der Waals surface area (Å²) >= 11 is 1.53. The van der Waals surface area contributed by atoms with E-state index in [1.54, 1.807) is 24.5 Å². The molecule has 2 rings (SSSR count). The number of halogens is 1. The lowest BCUT2D eigenvalue weighted by Crippen LogP contribution is -2.22. The predicted molar refractivity (Wildman–Crippen MR) is 72.2 cm³/mol. The molecule has 1 aromatic carbocycles. The van der Waals surface area contributed by atoms with E-state index in [-0.39, 0.29) is 11.7 Å². The molecule has 0 saturated carbocycles. The van der Waals surface area contributed by atoms with Gasteiger partial charge in [0, 0.05) is 35.4 Å². The lowest BCUT2D eigenvalue weighted by Gasteiger charge is -2.03. The molecule has 6 heteroatoms. The number of aromatic nitrogens is 2. The fourth-order valence-corrected chi connectivity index (χ4v) is 2.31. The van der Waals surface area contributed by atoms with Crippen molar-refractivity contribution in [1.82, 2.24) is 15.5 Å². The van der Waals surface area contributed by atoms with E-state index in [9.17, 15) is 9.18 Å². The maximum absolute atomic E-state index is 12.7. The minimum absolute atomic E-state index is 0.00388. The molecule has 0 atom stereocenters. The maximum Gasteiger partial charge on any atom is 0.221 e. The minimum Gasteiger partial charge on any atom is -0.352 e. The first-order valence-corrected chi connectivity index (χ1v) is 6.85. The van der Waals surface area contributed by atoms with Gasteiger partial charge in [-0.15, -0.1) is 11.8 Å². The number of nitrogens with one attached hydrogen (secondary N) is 2. The van der Waals surface area contributed by atoms with Crippen LogP contribution in [-0.2, 0) is 11.3 Å². The third kappa shape index (κ3) is 4.75. The highest BCUT2D eigenvalue weighted by atomic mass is 32.2. The molecule has 2 N–H and O–H groups in total. The molecular formula is C13H14FN3OS. The molecule has 0 fully saturated rings. The quantitative estimate of drug-likeness (QED) is 0.798.